The van der Waals surface area contributed by atoms with Gasteiger partial charge in [0.25, 0.3) is 0 Å². The summed E-state index contributed by atoms with van der Waals surface area (Å²) in [7, 11) is 2.15. The second-order valence-corrected chi connectivity index (χ2v) is 6.06. The number of rotatable bonds is 5. The van der Waals surface area contributed by atoms with E-state index in [0.717, 1.165) is 50.7 Å². The molecule has 2 rings (SSSR count). The smallest absolute Gasteiger partial charge is 0.0472 e. The van der Waals surface area contributed by atoms with Crippen molar-refractivity contribution in [2.24, 2.45) is 11.1 Å². The summed E-state index contributed by atoms with van der Waals surface area (Å²) in [5, 5.41) is 0.797. The number of hydrogen-bond acceptors (Lipinski definition) is 3. The zero-order valence-corrected chi connectivity index (χ0v) is 12.3. The van der Waals surface area contributed by atoms with Gasteiger partial charge in [-0.3, -0.25) is 0 Å². The lowest BCUT2D eigenvalue weighted by Crippen LogP contribution is -2.44. The molecular weight excluding hydrogens is 260 g/mol. The van der Waals surface area contributed by atoms with Crippen LogP contribution in [0.15, 0.2) is 24.3 Å². The van der Waals surface area contributed by atoms with Crippen molar-refractivity contribution in [2.45, 2.75) is 19.4 Å². The Morgan fingerprint density at radius 1 is 1.37 bits per heavy atom. The highest BCUT2D eigenvalue weighted by atomic mass is 35.5. The minimum atomic E-state index is 0.214. The van der Waals surface area contributed by atoms with Gasteiger partial charge in [0.05, 0.1) is 0 Å². The zero-order valence-electron chi connectivity index (χ0n) is 11.6. The van der Waals surface area contributed by atoms with E-state index in [1.807, 2.05) is 18.2 Å². The van der Waals surface area contributed by atoms with Crippen molar-refractivity contribution in [3.63, 3.8) is 0 Å². The zero-order chi connectivity index (χ0) is 13.7. The van der Waals surface area contributed by atoms with Crippen LogP contribution in [0.25, 0.3) is 0 Å². The highest BCUT2D eigenvalue weighted by Gasteiger charge is 2.32. The van der Waals surface area contributed by atoms with Gasteiger partial charge in [0.2, 0.25) is 0 Å². The third kappa shape index (κ3) is 4.18. The second-order valence-electron chi connectivity index (χ2n) is 5.62. The Balaban J connectivity index is 1.94. The first-order valence-electron chi connectivity index (χ1n) is 6.84. The third-order valence-corrected chi connectivity index (χ3v) is 4.17. The van der Waals surface area contributed by atoms with E-state index in [1.165, 1.54) is 5.56 Å². The molecule has 1 fully saturated rings. The highest BCUT2D eigenvalue weighted by molar-refractivity contribution is 6.30. The summed E-state index contributed by atoms with van der Waals surface area (Å²) in [5.41, 5.74) is 7.46. The van der Waals surface area contributed by atoms with E-state index in [2.05, 4.69) is 18.0 Å². The van der Waals surface area contributed by atoms with Crippen molar-refractivity contribution < 1.29 is 4.74 Å². The maximum atomic E-state index is 6.02. The van der Waals surface area contributed by atoms with Crippen LogP contribution in [0.3, 0.4) is 0 Å². The van der Waals surface area contributed by atoms with Crippen LogP contribution in [0, 0.1) is 5.41 Å². The molecule has 1 aromatic rings. The Kier molecular flexibility index (Phi) is 5.22. The Morgan fingerprint density at radius 3 is 2.74 bits per heavy atom. The first kappa shape index (κ1) is 14.8. The fourth-order valence-electron chi connectivity index (χ4n) is 2.81. The van der Waals surface area contributed by atoms with Gasteiger partial charge in [-0.1, -0.05) is 23.7 Å². The predicted octanol–water partition coefficient (Wildman–Crippen LogP) is 2.53. The molecule has 0 aliphatic carbocycles. The van der Waals surface area contributed by atoms with Gasteiger partial charge in [0.15, 0.2) is 0 Å². The van der Waals surface area contributed by atoms with Crippen LogP contribution in [0.2, 0.25) is 5.02 Å². The monoisotopic (exact) mass is 282 g/mol. The Bertz CT molecular complexity index is 405. The van der Waals surface area contributed by atoms with Gasteiger partial charge in [-0.25, -0.2) is 0 Å². The standard InChI is InChI=1S/C15H23ClN2O/c1-18(10-13-3-2-4-14(16)9-13)12-15(11-17)5-7-19-8-6-15/h2-4,9H,5-8,10-12,17H2,1H3. The molecule has 3 nitrogen and oxygen atoms in total. The lowest BCUT2D eigenvalue weighted by atomic mass is 9.80. The maximum absolute atomic E-state index is 6.02. The summed E-state index contributed by atoms with van der Waals surface area (Å²) < 4.78 is 5.45. The van der Waals surface area contributed by atoms with E-state index < -0.39 is 0 Å². The molecule has 106 valence electrons. The fraction of sp³-hybridized carbons (Fsp3) is 0.600. The van der Waals surface area contributed by atoms with Crippen molar-refractivity contribution in [1.29, 1.82) is 0 Å². The van der Waals surface area contributed by atoms with E-state index in [1.54, 1.807) is 0 Å². The summed E-state index contributed by atoms with van der Waals surface area (Å²) in [4.78, 5) is 2.34. The molecule has 1 aliphatic rings. The summed E-state index contributed by atoms with van der Waals surface area (Å²) in [6.07, 6.45) is 2.12. The molecule has 2 N–H and O–H groups in total. The lowest BCUT2D eigenvalue weighted by Gasteiger charge is -2.39. The van der Waals surface area contributed by atoms with Crippen molar-refractivity contribution in [2.75, 3.05) is 33.4 Å². The molecule has 0 atom stereocenters. The average Bonchev–Trinajstić information content (AvgIpc) is 2.39. The van der Waals surface area contributed by atoms with Crippen LogP contribution in [-0.4, -0.2) is 38.3 Å². The molecule has 0 amide bonds. The van der Waals surface area contributed by atoms with Gasteiger partial charge < -0.3 is 15.4 Å². The summed E-state index contributed by atoms with van der Waals surface area (Å²) in [6.45, 7) is 4.32. The topological polar surface area (TPSA) is 38.5 Å². The van der Waals surface area contributed by atoms with Crippen LogP contribution in [0.4, 0.5) is 0 Å². The largest absolute Gasteiger partial charge is 0.381 e. The molecule has 0 saturated carbocycles. The van der Waals surface area contributed by atoms with E-state index >= 15 is 0 Å². The van der Waals surface area contributed by atoms with Gasteiger partial charge >= 0.3 is 0 Å². The first-order chi connectivity index (χ1) is 9.13. The third-order valence-electron chi connectivity index (χ3n) is 3.93. The van der Waals surface area contributed by atoms with E-state index in [0.29, 0.717) is 0 Å². The van der Waals surface area contributed by atoms with Crippen LogP contribution in [-0.2, 0) is 11.3 Å². The lowest BCUT2D eigenvalue weighted by molar-refractivity contribution is 0.00268. The molecule has 0 bridgehead atoms. The Labute approximate surface area is 120 Å². The van der Waals surface area contributed by atoms with Crippen LogP contribution >= 0.6 is 11.6 Å². The number of nitrogens with zero attached hydrogens (tertiary/aromatic N) is 1. The molecule has 1 heterocycles. The number of ether oxygens (including phenoxy) is 1. The number of halogens is 1. The Morgan fingerprint density at radius 2 is 2.11 bits per heavy atom. The predicted molar refractivity (Wildman–Crippen MR) is 79.3 cm³/mol. The molecule has 1 aromatic carbocycles. The van der Waals surface area contributed by atoms with Crippen LogP contribution in [0.1, 0.15) is 18.4 Å². The Hall–Kier alpha value is -0.610. The van der Waals surface area contributed by atoms with E-state index in [9.17, 15) is 0 Å². The normalized spacial score (nSPS) is 18.7. The number of benzene rings is 1. The minimum Gasteiger partial charge on any atom is -0.381 e. The van der Waals surface area contributed by atoms with Gasteiger partial charge in [-0.15, -0.1) is 0 Å². The van der Waals surface area contributed by atoms with Gasteiger partial charge in [-0.2, -0.15) is 0 Å². The fourth-order valence-corrected chi connectivity index (χ4v) is 3.02. The van der Waals surface area contributed by atoms with E-state index in [4.69, 9.17) is 22.1 Å². The van der Waals surface area contributed by atoms with Crippen molar-refractivity contribution in [3.05, 3.63) is 34.9 Å². The van der Waals surface area contributed by atoms with Crippen LogP contribution < -0.4 is 5.73 Å². The molecule has 0 spiro atoms. The highest BCUT2D eigenvalue weighted by Crippen LogP contribution is 2.30. The first-order valence-corrected chi connectivity index (χ1v) is 7.22. The molecule has 1 saturated heterocycles. The van der Waals surface area contributed by atoms with Crippen molar-refractivity contribution in [3.8, 4) is 0 Å². The minimum absolute atomic E-state index is 0.214. The second kappa shape index (κ2) is 6.71. The summed E-state index contributed by atoms with van der Waals surface area (Å²) in [5.74, 6) is 0. The molecule has 0 aromatic heterocycles. The molecule has 4 heteroatoms. The number of nitrogens with two attached hydrogens (primary N) is 1. The van der Waals surface area contributed by atoms with Gasteiger partial charge in [0, 0.05) is 31.3 Å². The van der Waals surface area contributed by atoms with E-state index in [-0.39, 0.29) is 5.41 Å². The summed E-state index contributed by atoms with van der Waals surface area (Å²) in [6, 6.07) is 8.04. The average molecular weight is 283 g/mol. The molecule has 0 radical (unpaired) electrons. The summed E-state index contributed by atoms with van der Waals surface area (Å²) >= 11 is 6.02. The SMILES string of the molecule is CN(Cc1cccc(Cl)c1)CC1(CN)CCOCC1. The van der Waals surface area contributed by atoms with Crippen molar-refractivity contribution in [1.82, 2.24) is 4.90 Å². The van der Waals surface area contributed by atoms with Gasteiger partial charge in [0.1, 0.15) is 0 Å². The van der Waals surface area contributed by atoms with Crippen molar-refractivity contribution >= 4 is 11.6 Å². The molecular formula is C15H23ClN2O. The molecule has 19 heavy (non-hydrogen) atoms. The molecule has 1 aliphatic heterocycles. The number of hydrogen-bond donors (Lipinski definition) is 1. The maximum Gasteiger partial charge on any atom is 0.0472 e. The molecule has 0 unspecified atom stereocenters. The van der Waals surface area contributed by atoms with Gasteiger partial charge in [-0.05, 0) is 49.5 Å². The van der Waals surface area contributed by atoms with Crippen LogP contribution in [0.5, 0.6) is 0 Å². The quantitative estimate of drug-likeness (QED) is 0.902.